The molecule has 0 amide bonds. The van der Waals surface area contributed by atoms with Crippen LogP contribution in [0.5, 0.6) is 5.75 Å². The van der Waals surface area contributed by atoms with Crippen molar-refractivity contribution in [3.05, 3.63) is 54.1 Å². The SMILES string of the molecule is COc1cccc(CC(=O)c2cnccn2)c1. The molecule has 4 nitrogen and oxygen atoms in total. The number of benzene rings is 1. The largest absolute Gasteiger partial charge is 0.497 e. The van der Waals surface area contributed by atoms with Gasteiger partial charge in [-0.05, 0) is 17.7 Å². The van der Waals surface area contributed by atoms with Crippen LogP contribution in [0.3, 0.4) is 0 Å². The molecule has 0 spiro atoms. The van der Waals surface area contributed by atoms with Gasteiger partial charge in [0.1, 0.15) is 11.4 Å². The third-order valence-corrected chi connectivity index (χ3v) is 2.35. The maximum Gasteiger partial charge on any atom is 0.187 e. The highest BCUT2D eigenvalue weighted by Gasteiger charge is 2.08. The number of Topliss-reactive ketones (excluding diaryl/α,β-unsaturated/α-hetero) is 1. The topological polar surface area (TPSA) is 52.1 Å². The van der Waals surface area contributed by atoms with Crippen LogP contribution in [0.1, 0.15) is 16.1 Å². The molecule has 0 saturated carbocycles. The minimum Gasteiger partial charge on any atom is -0.497 e. The average Bonchev–Trinajstić information content (AvgIpc) is 2.40. The maximum absolute atomic E-state index is 11.9. The molecule has 0 saturated heterocycles. The summed E-state index contributed by atoms with van der Waals surface area (Å²) in [6.07, 6.45) is 4.83. The number of hydrogen-bond acceptors (Lipinski definition) is 4. The summed E-state index contributed by atoms with van der Waals surface area (Å²) in [6, 6.07) is 7.43. The van der Waals surface area contributed by atoms with Gasteiger partial charge in [-0.15, -0.1) is 0 Å². The van der Waals surface area contributed by atoms with Gasteiger partial charge in [-0.2, -0.15) is 0 Å². The van der Waals surface area contributed by atoms with E-state index in [9.17, 15) is 4.79 Å². The highest BCUT2D eigenvalue weighted by Crippen LogP contribution is 2.14. The zero-order valence-electron chi connectivity index (χ0n) is 9.46. The van der Waals surface area contributed by atoms with E-state index in [4.69, 9.17) is 4.74 Å². The van der Waals surface area contributed by atoms with Crippen LogP contribution in [0.2, 0.25) is 0 Å². The van der Waals surface area contributed by atoms with Gasteiger partial charge >= 0.3 is 0 Å². The van der Waals surface area contributed by atoms with Gasteiger partial charge in [0.15, 0.2) is 5.78 Å². The molecule has 0 aliphatic rings. The van der Waals surface area contributed by atoms with Crippen molar-refractivity contribution in [1.82, 2.24) is 9.97 Å². The van der Waals surface area contributed by atoms with Crippen LogP contribution in [0.25, 0.3) is 0 Å². The fraction of sp³-hybridized carbons (Fsp3) is 0.154. The summed E-state index contributed by atoms with van der Waals surface area (Å²) in [5.74, 6) is 0.695. The summed E-state index contributed by atoms with van der Waals surface area (Å²) < 4.78 is 5.10. The van der Waals surface area contributed by atoms with Crippen LogP contribution in [-0.2, 0) is 6.42 Å². The molecule has 0 bridgehead atoms. The van der Waals surface area contributed by atoms with Crippen LogP contribution >= 0.6 is 0 Å². The number of ether oxygens (including phenoxy) is 1. The molecule has 0 unspecified atom stereocenters. The Hall–Kier alpha value is -2.23. The number of carbonyl (C=O) groups excluding carboxylic acids is 1. The van der Waals surface area contributed by atoms with Crippen molar-refractivity contribution in [3.63, 3.8) is 0 Å². The molecule has 2 aromatic rings. The second-order valence-corrected chi connectivity index (χ2v) is 3.54. The number of methoxy groups -OCH3 is 1. The second kappa shape index (κ2) is 5.21. The van der Waals surface area contributed by atoms with Crippen molar-refractivity contribution in [3.8, 4) is 5.75 Å². The molecule has 0 atom stereocenters. The van der Waals surface area contributed by atoms with Crippen molar-refractivity contribution in [2.45, 2.75) is 6.42 Å². The van der Waals surface area contributed by atoms with Crippen molar-refractivity contribution in [2.75, 3.05) is 7.11 Å². The quantitative estimate of drug-likeness (QED) is 0.750. The Bertz CT molecular complexity index is 512. The number of aromatic nitrogens is 2. The van der Waals surface area contributed by atoms with E-state index < -0.39 is 0 Å². The Balaban J connectivity index is 2.13. The van der Waals surface area contributed by atoms with Crippen LogP contribution in [-0.4, -0.2) is 22.9 Å². The lowest BCUT2D eigenvalue weighted by Gasteiger charge is -2.03. The van der Waals surface area contributed by atoms with Crippen LogP contribution in [0, 0.1) is 0 Å². The number of carbonyl (C=O) groups is 1. The van der Waals surface area contributed by atoms with E-state index in [1.165, 1.54) is 12.4 Å². The van der Waals surface area contributed by atoms with Gasteiger partial charge in [-0.3, -0.25) is 9.78 Å². The Morgan fingerprint density at radius 2 is 2.24 bits per heavy atom. The third kappa shape index (κ3) is 2.87. The second-order valence-electron chi connectivity index (χ2n) is 3.54. The van der Waals surface area contributed by atoms with E-state index in [1.54, 1.807) is 13.3 Å². The number of rotatable bonds is 4. The van der Waals surface area contributed by atoms with Crippen molar-refractivity contribution < 1.29 is 9.53 Å². The molecule has 17 heavy (non-hydrogen) atoms. The van der Waals surface area contributed by atoms with Gasteiger partial charge in [0.25, 0.3) is 0 Å². The molecule has 86 valence electrons. The predicted molar refractivity (Wildman–Crippen MR) is 63.1 cm³/mol. The van der Waals surface area contributed by atoms with Crippen molar-refractivity contribution >= 4 is 5.78 Å². The van der Waals surface area contributed by atoms with Crippen molar-refractivity contribution in [1.29, 1.82) is 0 Å². The molecular weight excluding hydrogens is 216 g/mol. The molecule has 4 heteroatoms. The van der Waals surface area contributed by atoms with Gasteiger partial charge in [0, 0.05) is 18.8 Å². The molecule has 0 aliphatic heterocycles. The standard InChI is InChI=1S/C13H12N2O2/c1-17-11-4-2-3-10(7-11)8-13(16)12-9-14-5-6-15-12/h2-7,9H,8H2,1H3. The summed E-state index contributed by atoms with van der Waals surface area (Å²) in [7, 11) is 1.60. The van der Waals surface area contributed by atoms with E-state index in [1.807, 2.05) is 24.3 Å². The van der Waals surface area contributed by atoms with Crippen LogP contribution < -0.4 is 4.74 Å². The molecule has 1 aromatic carbocycles. The Morgan fingerprint density at radius 3 is 2.94 bits per heavy atom. The zero-order chi connectivity index (χ0) is 12.1. The number of ketones is 1. The lowest BCUT2D eigenvalue weighted by Crippen LogP contribution is -2.06. The maximum atomic E-state index is 11.9. The molecular formula is C13H12N2O2. The average molecular weight is 228 g/mol. The van der Waals surface area contributed by atoms with E-state index in [0.717, 1.165) is 11.3 Å². The lowest BCUT2D eigenvalue weighted by atomic mass is 10.1. The van der Waals surface area contributed by atoms with E-state index in [2.05, 4.69) is 9.97 Å². The summed E-state index contributed by atoms with van der Waals surface area (Å²) >= 11 is 0. The minimum atomic E-state index is -0.0497. The van der Waals surface area contributed by atoms with Gasteiger partial charge in [-0.1, -0.05) is 12.1 Å². The molecule has 0 radical (unpaired) electrons. The first-order chi connectivity index (χ1) is 8.29. The van der Waals surface area contributed by atoms with Gasteiger partial charge in [-0.25, -0.2) is 4.98 Å². The highest BCUT2D eigenvalue weighted by molar-refractivity contribution is 5.95. The summed E-state index contributed by atoms with van der Waals surface area (Å²) in [5.41, 5.74) is 1.29. The molecule has 0 N–H and O–H groups in total. The molecule has 2 rings (SSSR count). The molecule has 0 aliphatic carbocycles. The zero-order valence-corrected chi connectivity index (χ0v) is 9.46. The summed E-state index contributed by atoms with van der Waals surface area (Å²) in [6.45, 7) is 0. The number of hydrogen-bond donors (Lipinski definition) is 0. The Labute approximate surface area is 99.3 Å². The lowest BCUT2D eigenvalue weighted by molar-refractivity contribution is 0.0988. The predicted octanol–water partition coefficient (Wildman–Crippen LogP) is 1.91. The first-order valence-electron chi connectivity index (χ1n) is 5.22. The first kappa shape index (κ1) is 11.3. The molecule has 1 heterocycles. The minimum absolute atomic E-state index is 0.0497. The fourth-order valence-corrected chi connectivity index (χ4v) is 1.50. The third-order valence-electron chi connectivity index (χ3n) is 2.35. The smallest absolute Gasteiger partial charge is 0.187 e. The van der Waals surface area contributed by atoms with Crippen LogP contribution in [0.15, 0.2) is 42.9 Å². The van der Waals surface area contributed by atoms with Crippen molar-refractivity contribution in [2.24, 2.45) is 0 Å². The van der Waals surface area contributed by atoms with Gasteiger partial charge in [0.2, 0.25) is 0 Å². The van der Waals surface area contributed by atoms with Gasteiger partial charge in [0.05, 0.1) is 13.3 Å². The van der Waals surface area contributed by atoms with E-state index in [-0.39, 0.29) is 5.78 Å². The summed E-state index contributed by atoms with van der Waals surface area (Å²) in [5, 5.41) is 0. The van der Waals surface area contributed by atoms with E-state index in [0.29, 0.717) is 12.1 Å². The first-order valence-corrected chi connectivity index (χ1v) is 5.22. The monoisotopic (exact) mass is 228 g/mol. The van der Waals surface area contributed by atoms with E-state index >= 15 is 0 Å². The fourth-order valence-electron chi connectivity index (χ4n) is 1.50. The molecule has 0 fully saturated rings. The van der Waals surface area contributed by atoms with Gasteiger partial charge < -0.3 is 4.74 Å². The molecule has 1 aromatic heterocycles. The number of nitrogens with zero attached hydrogens (tertiary/aromatic N) is 2. The Kier molecular flexibility index (Phi) is 3.45. The summed E-state index contributed by atoms with van der Waals surface area (Å²) in [4.78, 5) is 19.7. The highest BCUT2D eigenvalue weighted by atomic mass is 16.5. The Morgan fingerprint density at radius 1 is 1.35 bits per heavy atom. The van der Waals surface area contributed by atoms with Crippen LogP contribution in [0.4, 0.5) is 0 Å². The normalized spacial score (nSPS) is 9.94.